The third kappa shape index (κ3) is 3.24. The number of ketones is 1. The number of nitrogens with one attached hydrogen (secondary N) is 1. The molecule has 0 spiro atoms. The second-order valence-corrected chi connectivity index (χ2v) is 8.13. The van der Waals surface area contributed by atoms with Gasteiger partial charge in [0.05, 0.1) is 17.7 Å². The maximum Gasteiger partial charge on any atom is 0.226 e. The topological polar surface area (TPSA) is 59.8 Å². The number of anilines is 1. The van der Waals surface area contributed by atoms with Crippen LogP contribution in [0.25, 0.3) is 0 Å². The summed E-state index contributed by atoms with van der Waals surface area (Å²) < 4.78 is 1.83. The molecule has 0 amide bonds. The van der Waals surface area contributed by atoms with Gasteiger partial charge in [-0.05, 0) is 17.5 Å². The van der Waals surface area contributed by atoms with Crippen molar-refractivity contribution in [1.82, 2.24) is 14.8 Å². The summed E-state index contributed by atoms with van der Waals surface area (Å²) in [4.78, 5) is 17.0. The van der Waals surface area contributed by atoms with Gasteiger partial charge < -0.3 is 5.32 Å². The lowest BCUT2D eigenvalue weighted by atomic mass is 9.90. The Bertz CT molecular complexity index is 990. The average Bonchev–Trinajstić information content (AvgIpc) is 3.14. The molecule has 5 nitrogen and oxygen atoms in total. The minimum Gasteiger partial charge on any atom is -0.328 e. The van der Waals surface area contributed by atoms with Crippen molar-refractivity contribution in [1.29, 1.82) is 0 Å². The van der Waals surface area contributed by atoms with Gasteiger partial charge in [-0.2, -0.15) is 4.98 Å². The Labute approximate surface area is 167 Å². The van der Waals surface area contributed by atoms with Crippen LogP contribution in [0.15, 0.2) is 77.6 Å². The molecule has 0 radical (unpaired) electrons. The van der Waals surface area contributed by atoms with E-state index in [1.807, 2.05) is 16.8 Å². The number of carbonyl (C=O) groups is 1. The highest BCUT2D eigenvalue weighted by atomic mass is 32.2. The number of rotatable bonds is 4. The van der Waals surface area contributed by atoms with Crippen molar-refractivity contribution in [2.45, 2.75) is 29.8 Å². The molecule has 6 heteroatoms. The zero-order valence-electron chi connectivity index (χ0n) is 15.3. The Hall–Kier alpha value is -2.86. The number of carbonyl (C=O) groups excluding carboxylic acids is 1. The molecular weight excluding hydrogens is 368 g/mol. The molecule has 2 aromatic carbocycles. The van der Waals surface area contributed by atoms with Crippen LogP contribution in [0.4, 0.5) is 5.95 Å². The first-order valence-electron chi connectivity index (χ1n) is 9.49. The van der Waals surface area contributed by atoms with Gasteiger partial charge in [-0.15, -0.1) is 5.10 Å². The molecule has 140 valence electrons. The van der Waals surface area contributed by atoms with E-state index in [9.17, 15) is 4.79 Å². The van der Waals surface area contributed by atoms with E-state index in [-0.39, 0.29) is 17.0 Å². The second-order valence-electron chi connectivity index (χ2n) is 7.06. The minimum absolute atomic E-state index is 0.106. The van der Waals surface area contributed by atoms with E-state index in [0.717, 1.165) is 18.1 Å². The van der Waals surface area contributed by atoms with E-state index in [2.05, 4.69) is 59.9 Å². The van der Waals surface area contributed by atoms with Crippen molar-refractivity contribution in [3.05, 3.63) is 83.6 Å². The fraction of sp³-hybridized carbons (Fsp3) is 0.227. The van der Waals surface area contributed by atoms with Crippen LogP contribution in [0.2, 0.25) is 0 Å². The monoisotopic (exact) mass is 388 g/mol. The van der Waals surface area contributed by atoms with Gasteiger partial charge in [-0.3, -0.25) is 4.79 Å². The lowest BCUT2D eigenvalue weighted by Gasteiger charge is -2.28. The molecule has 2 aliphatic rings. The first kappa shape index (κ1) is 17.3. The van der Waals surface area contributed by atoms with Crippen LogP contribution in [0.3, 0.4) is 0 Å². The van der Waals surface area contributed by atoms with Gasteiger partial charge in [0, 0.05) is 12.1 Å². The van der Waals surface area contributed by atoms with Crippen LogP contribution < -0.4 is 5.32 Å². The van der Waals surface area contributed by atoms with Crippen molar-refractivity contribution < 1.29 is 4.79 Å². The van der Waals surface area contributed by atoms with Crippen molar-refractivity contribution in [3.63, 3.8) is 0 Å². The summed E-state index contributed by atoms with van der Waals surface area (Å²) in [5.74, 6) is 0.895. The average molecular weight is 388 g/mol. The summed E-state index contributed by atoms with van der Waals surface area (Å²) in [5, 5.41) is 8.83. The Morgan fingerprint density at radius 1 is 1.04 bits per heavy atom. The molecule has 5 rings (SSSR count). The summed E-state index contributed by atoms with van der Waals surface area (Å²) in [5.41, 5.74) is 3.41. The van der Waals surface area contributed by atoms with Gasteiger partial charge in [0.2, 0.25) is 11.1 Å². The van der Waals surface area contributed by atoms with E-state index in [4.69, 9.17) is 10.1 Å². The molecule has 1 aliphatic heterocycles. The van der Waals surface area contributed by atoms with Crippen molar-refractivity contribution in [3.8, 4) is 0 Å². The molecule has 1 aromatic heterocycles. The van der Waals surface area contributed by atoms with Crippen molar-refractivity contribution in [2.24, 2.45) is 5.92 Å². The summed E-state index contributed by atoms with van der Waals surface area (Å²) in [6.07, 6.45) is 3.54. The zero-order chi connectivity index (χ0) is 18.9. The minimum atomic E-state index is -0.111. The molecule has 0 bridgehead atoms. The van der Waals surface area contributed by atoms with E-state index in [1.54, 1.807) is 11.8 Å². The SMILES string of the molecule is O=C1CCC=C2Nc3nc(SC(c4ccccc4)c4ccccc4)nn3CC12. The van der Waals surface area contributed by atoms with Crippen LogP contribution in [0, 0.1) is 5.92 Å². The van der Waals surface area contributed by atoms with Gasteiger partial charge in [0.25, 0.3) is 0 Å². The number of aromatic nitrogens is 3. The van der Waals surface area contributed by atoms with E-state index >= 15 is 0 Å². The quantitative estimate of drug-likeness (QED) is 0.669. The van der Waals surface area contributed by atoms with Gasteiger partial charge >= 0.3 is 0 Å². The number of hydrogen-bond donors (Lipinski definition) is 1. The lowest BCUT2D eigenvalue weighted by molar-refractivity contribution is -0.122. The maximum atomic E-state index is 12.2. The van der Waals surface area contributed by atoms with Crippen LogP contribution in [-0.4, -0.2) is 20.5 Å². The van der Waals surface area contributed by atoms with E-state index in [0.29, 0.717) is 18.1 Å². The predicted octanol–water partition coefficient (Wildman–Crippen LogP) is 4.45. The van der Waals surface area contributed by atoms with Crippen molar-refractivity contribution in [2.75, 3.05) is 5.32 Å². The summed E-state index contributed by atoms with van der Waals surface area (Å²) >= 11 is 1.64. The third-order valence-corrected chi connectivity index (χ3v) is 6.37. The van der Waals surface area contributed by atoms with E-state index in [1.165, 1.54) is 11.1 Å². The van der Waals surface area contributed by atoms with Gasteiger partial charge in [0.1, 0.15) is 5.78 Å². The lowest BCUT2D eigenvalue weighted by Crippen LogP contribution is -2.33. The fourth-order valence-electron chi connectivity index (χ4n) is 3.78. The third-order valence-electron chi connectivity index (χ3n) is 5.21. The molecule has 28 heavy (non-hydrogen) atoms. The Morgan fingerprint density at radius 2 is 1.71 bits per heavy atom. The number of thioether (sulfide) groups is 1. The summed E-state index contributed by atoms with van der Waals surface area (Å²) in [6, 6.07) is 20.8. The first-order chi connectivity index (χ1) is 13.8. The molecule has 2 heterocycles. The van der Waals surface area contributed by atoms with Crippen molar-refractivity contribution >= 4 is 23.5 Å². The molecule has 1 unspecified atom stereocenters. The second kappa shape index (κ2) is 7.28. The molecule has 1 N–H and O–H groups in total. The predicted molar refractivity (Wildman–Crippen MR) is 110 cm³/mol. The van der Waals surface area contributed by atoms with Crippen LogP contribution >= 0.6 is 11.8 Å². The molecule has 0 fully saturated rings. The molecule has 0 saturated carbocycles. The van der Waals surface area contributed by atoms with Crippen LogP contribution in [-0.2, 0) is 11.3 Å². The Balaban J connectivity index is 1.46. The fourth-order valence-corrected chi connectivity index (χ4v) is 4.86. The van der Waals surface area contributed by atoms with Crippen LogP contribution in [0.1, 0.15) is 29.2 Å². The number of hydrogen-bond acceptors (Lipinski definition) is 5. The Kier molecular flexibility index (Phi) is 4.49. The van der Waals surface area contributed by atoms with Gasteiger partial charge in [-0.1, -0.05) is 78.5 Å². The Morgan fingerprint density at radius 3 is 2.39 bits per heavy atom. The highest BCUT2D eigenvalue weighted by molar-refractivity contribution is 7.99. The van der Waals surface area contributed by atoms with Crippen LogP contribution in [0.5, 0.6) is 0 Å². The molecular formula is C22H20N4OS. The number of fused-ring (bicyclic) bond motifs is 2. The number of allylic oxidation sites excluding steroid dienone is 2. The molecule has 1 atom stereocenters. The number of benzene rings is 2. The standard InChI is InChI=1S/C22H20N4OS/c27-19-13-7-12-18-17(19)14-26-21(23-18)24-22(25-26)28-20(15-8-3-1-4-9-15)16-10-5-2-6-11-16/h1-6,8-12,17,20H,7,13-14H2,(H,23,24,25). The highest BCUT2D eigenvalue weighted by Crippen LogP contribution is 2.40. The van der Waals surface area contributed by atoms with E-state index < -0.39 is 0 Å². The maximum absolute atomic E-state index is 12.2. The smallest absolute Gasteiger partial charge is 0.226 e. The molecule has 1 aliphatic carbocycles. The summed E-state index contributed by atoms with van der Waals surface area (Å²) in [7, 11) is 0. The first-order valence-corrected chi connectivity index (χ1v) is 10.4. The van der Waals surface area contributed by atoms with Gasteiger partial charge in [0.15, 0.2) is 0 Å². The number of nitrogens with zero attached hydrogens (tertiary/aromatic N) is 3. The van der Waals surface area contributed by atoms with Gasteiger partial charge in [-0.25, -0.2) is 4.68 Å². The molecule has 0 saturated heterocycles. The molecule has 3 aromatic rings. The zero-order valence-corrected chi connectivity index (χ0v) is 16.1. The normalized spacial score (nSPS) is 18.2. The number of Topliss-reactive ketones (excluding diaryl/α,β-unsaturated/α-hetero) is 1. The largest absolute Gasteiger partial charge is 0.328 e. The highest BCUT2D eigenvalue weighted by Gasteiger charge is 2.32. The summed E-state index contributed by atoms with van der Waals surface area (Å²) in [6.45, 7) is 0.571.